The second-order valence-corrected chi connectivity index (χ2v) is 6.84. The molecule has 0 spiro atoms. The number of benzene rings is 1. The third kappa shape index (κ3) is 5.83. The summed E-state index contributed by atoms with van der Waals surface area (Å²) in [4.78, 5) is 19.4. The van der Waals surface area contributed by atoms with E-state index in [1.807, 2.05) is 24.1 Å². The third-order valence-electron chi connectivity index (χ3n) is 5.08. The van der Waals surface area contributed by atoms with Gasteiger partial charge in [-0.3, -0.25) is 9.69 Å². The molecule has 2 aliphatic heterocycles. The van der Waals surface area contributed by atoms with E-state index in [1.165, 1.54) is 5.56 Å². The molecule has 2 aliphatic rings. The van der Waals surface area contributed by atoms with Gasteiger partial charge in [0.2, 0.25) is 0 Å². The summed E-state index contributed by atoms with van der Waals surface area (Å²) < 4.78 is 0. The van der Waals surface area contributed by atoms with Crippen molar-refractivity contribution >= 4 is 30.7 Å². The Hall–Kier alpha value is -0.850. The normalized spacial score (nSPS) is 21.3. The summed E-state index contributed by atoms with van der Waals surface area (Å²) in [6.07, 6.45) is 1.04. The quantitative estimate of drug-likeness (QED) is 0.851. The minimum Gasteiger partial charge on any atom is -0.337 e. The monoisotopic (exact) mass is 388 g/mol. The van der Waals surface area contributed by atoms with E-state index < -0.39 is 0 Å². The molecule has 25 heavy (non-hydrogen) atoms. The molecule has 2 fully saturated rings. The van der Waals surface area contributed by atoms with Gasteiger partial charge in [0, 0.05) is 57.9 Å². The Labute approximate surface area is 163 Å². The minimum absolute atomic E-state index is 0. The Morgan fingerprint density at radius 3 is 2.60 bits per heavy atom. The molecule has 0 aliphatic carbocycles. The first-order valence-corrected chi connectivity index (χ1v) is 8.61. The van der Waals surface area contributed by atoms with Crippen molar-refractivity contribution in [2.24, 2.45) is 0 Å². The molecule has 1 aromatic carbocycles. The van der Waals surface area contributed by atoms with Crippen molar-refractivity contribution < 1.29 is 4.79 Å². The van der Waals surface area contributed by atoms with Gasteiger partial charge in [0.25, 0.3) is 5.91 Å². The van der Waals surface area contributed by atoms with E-state index in [2.05, 4.69) is 34.3 Å². The van der Waals surface area contributed by atoms with Crippen LogP contribution in [0.2, 0.25) is 0 Å². The maximum atomic E-state index is 12.7. The zero-order valence-electron chi connectivity index (χ0n) is 15.1. The summed E-state index contributed by atoms with van der Waals surface area (Å²) in [7, 11) is 4.09. The molecule has 0 saturated carbocycles. The van der Waals surface area contributed by atoms with Gasteiger partial charge in [-0.2, -0.15) is 0 Å². The second-order valence-electron chi connectivity index (χ2n) is 6.84. The van der Waals surface area contributed by atoms with Gasteiger partial charge in [0.1, 0.15) is 0 Å². The van der Waals surface area contributed by atoms with Gasteiger partial charge >= 0.3 is 0 Å². The van der Waals surface area contributed by atoms with Gasteiger partial charge in [0.15, 0.2) is 0 Å². The van der Waals surface area contributed by atoms with Crippen LogP contribution in [0.3, 0.4) is 0 Å². The zero-order chi connectivity index (χ0) is 16.2. The van der Waals surface area contributed by atoms with Crippen molar-refractivity contribution in [2.45, 2.75) is 19.0 Å². The first-order chi connectivity index (χ1) is 11.1. The van der Waals surface area contributed by atoms with Crippen LogP contribution in [0.1, 0.15) is 22.3 Å². The van der Waals surface area contributed by atoms with Crippen molar-refractivity contribution in [2.75, 3.05) is 53.4 Å². The van der Waals surface area contributed by atoms with E-state index in [1.54, 1.807) is 0 Å². The number of likely N-dealkylation sites (N-methyl/N-ethyl adjacent to an activating group) is 2. The zero-order valence-corrected chi connectivity index (χ0v) is 16.7. The minimum atomic E-state index is 0. The van der Waals surface area contributed by atoms with Gasteiger partial charge in [-0.1, -0.05) is 12.1 Å². The van der Waals surface area contributed by atoms with Gasteiger partial charge in [-0.15, -0.1) is 24.8 Å². The van der Waals surface area contributed by atoms with E-state index in [0.29, 0.717) is 6.04 Å². The number of nitrogens with one attached hydrogen (secondary N) is 1. The van der Waals surface area contributed by atoms with E-state index in [-0.39, 0.29) is 30.7 Å². The fourth-order valence-corrected chi connectivity index (χ4v) is 3.41. The number of amides is 1. The highest BCUT2D eigenvalue weighted by Gasteiger charge is 2.24. The number of rotatable bonds is 4. The molecule has 2 heterocycles. The summed E-state index contributed by atoms with van der Waals surface area (Å²) >= 11 is 0. The summed E-state index contributed by atoms with van der Waals surface area (Å²) in [6, 6.07) is 8.48. The predicted octanol–water partition coefficient (Wildman–Crippen LogP) is 1.71. The number of halogens is 2. The first kappa shape index (κ1) is 22.2. The molecular weight excluding hydrogens is 359 g/mol. The van der Waals surface area contributed by atoms with Gasteiger partial charge in [0.05, 0.1) is 0 Å². The molecule has 2 saturated heterocycles. The lowest BCUT2D eigenvalue weighted by molar-refractivity contribution is 0.0743. The van der Waals surface area contributed by atoms with Crippen LogP contribution in [-0.4, -0.2) is 80.0 Å². The lowest BCUT2D eigenvalue weighted by atomic mass is 10.1. The predicted molar refractivity (Wildman–Crippen MR) is 107 cm³/mol. The number of nitrogens with zero attached hydrogens (tertiary/aromatic N) is 3. The number of carbonyl (C=O) groups excluding carboxylic acids is 1. The van der Waals surface area contributed by atoms with E-state index >= 15 is 0 Å². The summed E-state index contributed by atoms with van der Waals surface area (Å²) in [5, 5.41) is 3.32. The van der Waals surface area contributed by atoms with Crippen LogP contribution >= 0.6 is 24.8 Å². The molecule has 5 nitrogen and oxygen atoms in total. The Bertz CT molecular complexity index is 544. The van der Waals surface area contributed by atoms with Crippen LogP contribution < -0.4 is 5.32 Å². The smallest absolute Gasteiger partial charge is 0.253 e. The van der Waals surface area contributed by atoms with Crippen molar-refractivity contribution in [3.63, 3.8) is 0 Å². The van der Waals surface area contributed by atoms with E-state index in [9.17, 15) is 4.79 Å². The average Bonchev–Trinajstić information content (AvgIpc) is 3.10. The topological polar surface area (TPSA) is 38.8 Å². The lowest BCUT2D eigenvalue weighted by Crippen LogP contribution is -2.43. The van der Waals surface area contributed by atoms with Gasteiger partial charge in [-0.25, -0.2) is 0 Å². The van der Waals surface area contributed by atoms with Crippen molar-refractivity contribution in [3.05, 3.63) is 35.4 Å². The molecule has 0 radical (unpaired) electrons. The molecule has 1 unspecified atom stereocenters. The van der Waals surface area contributed by atoms with Gasteiger partial charge in [-0.05, 0) is 37.7 Å². The first-order valence-electron chi connectivity index (χ1n) is 8.61. The lowest BCUT2D eigenvalue weighted by Gasteiger charge is -2.32. The molecular formula is C18H30Cl2N4O. The Morgan fingerprint density at radius 2 is 1.96 bits per heavy atom. The van der Waals surface area contributed by atoms with Crippen LogP contribution in [0, 0.1) is 0 Å². The van der Waals surface area contributed by atoms with Crippen LogP contribution in [0.4, 0.5) is 0 Å². The Kier molecular flexibility index (Phi) is 9.17. The molecule has 1 amide bonds. The number of hydrogen-bond donors (Lipinski definition) is 1. The number of piperazine rings is 1. The van der Waals surface area contributed by atoms with Crippen LogP contribution in [0.5, 0.6) is 0 Å². The van der Waals surface area contributed by atoms with E-state index in [0.717, 1.165) is 57.8 Å². The highest BCUT2D eigenvalue weighted by atomic mass is 35.5. The van der Waals surface area contributed by atoms with Crippen molar-refractivity contribution in [3.8, 4) is 0 Å². The van der Waals surface area contributed by atoms with Gasteiger partial charge < -0.3 is 15.1 Å². The SMILES string of the molecule is CN1CCN(Cc2cccc(C(=O)N(C)C3CCNC3)c2)CC1.Cl.Cl. The molecule has 1 N–H and O–H groups in total. The third-order valence-corrected chi connectivity index (χ3v) is 5.08. The van der Waals surface area contributed by atoms with Crippen molar-refractivity contribution in [1.82, 2.24) is 20.0 Å². The van der Waals surface area contributed by atoms with Crippen LogP contribution in [0.25, 0.3) is 0 Å². The maximum absolute atomic E-state index is 12.7. The second kappa shape index (κ2) is 10.3. The standard InChI is InChI=1S/C18H28N4O.2ClH/c1-20-8-10-22(11-9-20)14-15-4-3-5-16(12-15)18(23)21(2)17-6-7-19-13-17;;/h3-5,12,17,19H,6-11,13-14H2,1-2H3;2*1H. The Morgan fingerprint density at radius 1 is 1.24 bits per heavy atom. The molecule has 3 rings (SSSR count). The molecule has 142 valence electrons. The maximum Gasteiger partial charge on any atom is 0.253 e. The molecule has 1 aromatic rings. The fraction of sp³-hybridized carbons (Fsp3) is 0.611. The highest BCUT2D eigenvalue weighted by molar-refractivity contribution is 5.94. The van der Waals surface area contributed by atoms with Crippen LogP contribution in [-0.2, 0) is 6.54 Å². The number of carbonyl (C=O) groups is 1. The average molecular weight is 389 g/mol. The number of hydrogen-bond acceptors (Lipinski definition) is 4. The molecule has 0 aromatic heterocycles. The highest BCUT2D eigenvalue weighted by Crippen LogP contribution is 2.15. The fourth-order valence-electron chi connectivity index (χ4n) is 3.41. The van der Waals surface area contributed by atoms with E-state index in [4.69, 9.17) is 0 Å². The Balaban J connectivity index is 0.00000156. The van der Waals surface area contributed by atoms with Crippen molar-refractivity contribution in [1.29, 1.82) is 0 Å². The molecule has 0 bridgehead atoms. The van der Waals surface area contributed by atoms with Crippen LogP contribution in [0.15, 0.2) is 24.3 Å². The largest absolute Gasteiger partial charge is 0.337 e. The molecule has 7 heteroatoms. The molecule has 1 atom stereocenters. The summed E-state index contributed by atoms with van der Waals surface area (Å²) in [5.41, 5.74) is 2.05. The summed E-state index contributed by atoms with van der Waals surface area (Å²) in [6.45, 7) is 7.29. The summed E-state index contributed by atoms with van der Waals surface area (Å²) in [5.74, 6) is 0.138.